The van der Waals surface area contributed by atoms with Crippen molar-refractivity contribution in [2.75, 3.05) is 0 Å². The number of aliphatic carboxylic acids is 1. The minimum absolute atomic E-state index is 0.0137. The van der Waals surface area contributed by atoms with Crippen LogP contribution in [0.15, 0.2) is 79.1 Å². The van der Waals surface area contributed by atoms with Crippen LogP contribution in [0.4, 0.5) is 0 Å². The van der Waals surface area contributed by atoms with Crippen LogP contribution < -0.4 is 5.32 Å². The summed E-state index contributed by atoms with van der Waals surface area (Å²) in [6.45, 7) is 0.910. The average molecular weight is 530 g/mol. The average Bonchev–Trinajstić information content (AvgIpc) is 3.37. The molecule has 1 saturated heterocycles. The molecule has 0 saturated carbocycles. The molecule has 3 atom stereocenters. The second kappa shape index (κ2) is 12.2. The minimum Gasteiger partial charge on any atom is -0.481 e. The predicted molar refractivity (Wildman–Crippen MR) is 143 cm³/mol. The number of carboxylic acid groups (broad SMARTS) is 1. The van der Waals surface area contributed by atoms with E-state index in [9.17, 15) is 14.7 Å². The summed E-state index contributed by atoms with van der Waals surface area (Å²) in [6, 6.07) is 23.4. The molecule has 5 rings (SSSR count). The summed E-state index contributed by atoms with van der Waals surface area (Å²) in [5, 5.41) is 20.9. The summed E-state index contributed by atoms with van der Waals surface area (Å²) in [5.41, 5.74) is 5.57. The van der Waals surface area contributed by atoms with E-state index in [1.807, 2.05) is 79.1 Å². The first kappa shape index (κ1) is 26.6. The Morgan fingerprint density at radius 2 is 1.64 bits per heavy atom. The number of aliphatic hydroxyl groups is 1. The standard InChI is InChI=1S/C30H31N3O6/c34-18-21-7-9-22(10-8-21)27-15-24(17-33-19-32-25-3-1-2-4-26(25)33)38-30(39-27)23-11-5-20(6-12-23)16-31-28(35)13-14-29(36)37/h1-12,19,24,27,30,34H,13-18H2,(H,31,35)(H,36,37)/t24-,27+,30+/m0/s1. The summed E-state index contributed by atoms with van der Waals surface area (Å²) in [5.74, 6) is -1.30. The number of ether oxygens (including phenoxy) is 2. The van der Waals surface area contributed by atoms with E-state index < -0.39 is 12.3 Å². The zero-order valence-corrected chi connectivity index (χ0v) is 21.4. The number of fused-ring (bicyclic) bond motifs is 1. The van der Waals surface area contributed by atoms with E-state index in [2.05, 4.69) is 14.9 Å². The van der Waals surface area contributed by atoms with Gasteiger partial charge in [0.1, 0.15) is 0 Å². The van der Waals surface area contributed by atoms with Crippen molar-refractivity contribution in [3.05, 3.63) is 101 Å². The Hall–Kier alpha value is -4.05. The fourth-order valence-corrected chi connectivity index (χ4v) is 4.71. The van der Waals surface area contributed by atoms with Crippen molar-refractivity contribution in [1.29, 1.82) is 0 Å². The number of nitrogens with zero attached hydrogens (tertiary/aromatic N) is 2. The second-order valence-corrected chi connectivity index (χ2v) is 9.65. The first-order valence-electron chi connectivity index (χ1n) is 13.0. The fraction of sp³-hybridized carbons (Fsp3) is 0.300. The molecule has 1 amide bonds. The largest absolute Gasteiger partial charge is 0.481 e. The summed E-state index contributed by atoms with van der Waals surface area (Å²) >= 11 is 0. The normalized spacial score (nSPS) is 19.2. The smallest absolute Gasteiger partial charge is 0.303 e. The molecule has 0 radical (unpaired) electrons. The quantitative estimate of drug-likeness (QED) is 0.281. The highest BCUT2D eigenvalue weighted by Crippen LogP contribution is 2.38. The molecule has 1 aliphatic heterocycles. The van der Waals surface area contributed by atoms with Crippen LogP contribution in [-0.2, 0) is 38.8 Å². The number of rotatable bonds is 10. The van der Waals surface area contributed by atoms with Gasteiger partial charge in [0, 0.05) is 24.9 Å². The van der Waals surface area contributed by atoms with Crippen molar-refractivity contribution in [3.8, 4) is 0 Å². The van der Waals surface area contributed by atoms with Gasteiger partial charge in [-0.15, -0.1) is 0 Å². The molecule has 3 N–H and O–H groups in total. The number of hydrogen-bond donors (Lipinski definition) is 3. The van der Waals surface area contributed by atoms with Crippen LogP contribution in [0.5, 0.6) is 0 Å². The molecule has 39 heavy (non-hydrogen) atoms. The molecule has 9 nitrogen and oxygen atoms in total. The van der Waals surface area contributed by atoms with Crippen LogP contribution in [0.25, 0.3) is 11.0 Å². The lowest BCUT2D eigenvalue weighted by Crippen LogP contribution is -2.32. The lowest BCUT2D eigenvalue weighted by Gasteiger charge is -2.36. The summed E-state index contributed by atoms with van der Waals surface area (Å²) in [6.07, 6.45) is 1.30. The van der Waals surface area contributed by atoms with Gasteiger partial charge in [0.2, 0.25) is 5.91 Å². The number of carbonyl (C=O) groups is 2. The van der Waals surface area contributed by atoms with Gasteiger partial charge in [-0.1, -0.05) is 60.7 Å². The van der Waals surface area contributed by atoms with Gasteiger partial charge in [-0.25, -0.2) is 4.98 Å². The van der Waals surface area contributed by atoms with Crippen molar-refractivity contribution in [3.63, 3.8) is 0 Å². The van der Waals surface area contributed by atoms with Crippen molar-refractivity contribution >= 4 is 22.9 Å². The van der Waals surface area contributed by atoms with E-state index in [0.717, 1.165) is 33.3 Å². The summed E-state index contributed by atoms with van der Waals surface area (Å²) < 4.78 is 15.0. The zero-order chi connectivity index (χ0) is 27.2. The Morgan fingerprint density at radius 3 is 2.38 bits per heavy atom. The monoisotopic (exact) mass is 529 g/mol. The molecule has 202 valence electrons. The third kappa shape index (κ3) is 6.69. The van der Waals surface area contributed by atoms with Gasteiger partial charge in [-0.3, -0.25) is 9.59 Å². The maximum Gasteiger partial charge on any atom is 0.303 e. The number of carbonyl (C=O) groups excluding carboxylic acids is 1. The molecule has 9 heteroatoms. The Balaban J connectivity index is 1.31. The second-order valence-electron chi connectivity index (χ2n) is 9.65. The number of carboxylic acids is 1. The number of aromatic nitrogens is 2. The van der Waals surface area contributed by atoms with Gasteiger partial charge in [0.15, 0.2) is 6.29 Å². The molecule has 4 aromatic rings. The highest BCUT2D eigenvalue weighted by Gasteiger charge is 2.32. The van der Waals surface area contributed by atoms with Gasteiger partial charge in [0.05, 0.1) is 49.1 Å². The Morgan fingerprint density at radius 1 is 0.923 bits per heavy atom. The Kier molecular flexibility index (Phi) is 8.31. The number of benzene rings is 3. The molecular formula is C30H31N3O6. The van der Waals surface area contributed by atoms with Crippen molar-refractivity contribution in [1.82, 2.24) is 14.9 Å². The van der Waals surface area contributed by atoms with E-state index in [1.54, 1.807) is 0 Å². The SMILES string of the molecule is O=C(O)CCC(=O)NCc1ccc([C@@H]2O[C@H](Cn3cnc4ccccc43)C[C@H](c3ccc(CO)cc3)O2)cc1. The molecule has 1 aromatic heterocycles. The van der Waals surface area contributed by atoms with E-state index in [4.69, 9.17) is 14.6 Å². The van der Waals surface area contributed by atoms with Gasteiger partial charge in [0.25, 0.3) is 0 Å². The number of aliphatic hydroxyl groups excluding tert-OH is 1. The number of amides is 1. The first-order chi connectivity index (χ1) is 19.0. The predicted octanol–water partition coefficient (Wildman–Crippen LogP) is 4.26. The van der Waals surface area contributed by atoms with Crippen LogP contribution in [-0.4, -0.2) is 37.7 Å². The van der Waals surface area contributed by atoms with Gasteiger partial charge < -0.3 is 29.6 Å². The van der Waals surface area contributed by atoms with Crippen LogP contribution in [0.3, 0.4) is 0 Å². The number of hydrogen-bond acceptors (Lipinski definition) is 6. The van der Waals surface area contributed by atoms with Crippen molar-refractivity contribution in [2.45, 2.75) is 57.5 Å². The lowest BCUT2D eigenvalue weighted by atomic mass is 9.99. The third-order valence-electron chi connectivity index (χ3n) is 6.85. The lowest BCUT2D eigenvalue weighted by molar-refractivity contribution is -0.252. The molecule has 3 aromatic carbocycles. The van der Waals surface area contributed by atoms with Gasteiger partial charge in [-0.2, -0.15) is 0 Å². The van der Waals surface area contributed by atoms with Crippen LogP contribution >= 0.6 is 0 Å². The summed E-state index contributed by atoms with van der Waals surface area (Å²) in [7, 11) is 0. The molecule has 0 spiro atoms. The van der Waals surface area contributed by atoms with Gasteiger partial charge >= 0.3 is 5.97 Å². The topological polar surface area (TPSA) is 123 Å². The molecule has 0 unspecified atom stereocenters. The molecule has 1 fully saturated rings. The zero-order valence-electron chi connectivity index (χ0n) is 21.4. The van der Waals surface area contributed by atoms with E-state index in [0.29, 0.717) is 19.5 Å². The molecular weight excluding hydrogens is 498 g/mol. The Bertz CT molecular complexity index is 1420. The number of imidazole rings is 1. The van der Waals surface area contributed by atoms with E-state index in [-0.39, 0.29) is 37.6 Å². The van der Waals surface area contributed by atoms with Gasteiger partial charge in [-0.05, 0) is 28.8 Å². The van der Waals surface area contributed by atoms with Crippen molar-refractivity contribution in [2.24, 2.45) is 0 Å². The van der Waals surface area contributed by atoms with E-state index >= 15 is 0 Å². The van der Waals surface area contributed by atoms with Crippen molar-refractivity contribution < 1.29 is 29.3 Å². The molecule has 1 aliphatic rings. The third-order valence-corrected chi connectivity index (χ3v) is 6.85. The summed E-state index contributed by atoms with van der Waals surface area (Å²) in [4.78, 5) is 27.0. The fourth-order valence-electron chi connectivity index (χ4n) is 4.71. The number of para-hydroxylation sites is 2. The molecule has 0 aliphatic carbocycles. The van der Waals surface area contributed by atoms with Crippen LogP contribution in [0.2, 0.25) is 0 Å². The molecule has 2 heterocycles. The van der Waals surface area contributed by atoms with E-state index in [1.165, 1.54) is 0 Å². The first-order valence-corrected chi connectivity index (χ1v) is 13.0. The van der Waals surface area contributed by atoms with Crippen LogP contribution in [0, 0.1) is 0 Å². The number of nitrogens with one attached hydrogen (secondary N) is 1. The highest BCUT2D eigenvalue weighted by molar-refractivity contribution is 5.80. The maximum atomic E-state index is 11.9. The van der Waals surface area contributed by atoms with Crippen LogP contribution in [0.1, 0.15) is 53.9 Å². The molecule has 0 bridgehead atoms. The highest BCUT2D eigenvalue weighted by atomic mass is 16.7. The maximum absolute atomic E-state index is 11.9. The Labute approximate surface area is 226 Å². The minimum atomic E-state index is -0.996.